The number of hydrogen-bond donors (Lipinski definition) is 1. The maximum Gasteiger partial charge on any atom is 0.314 e. The summed E-state index contributed by atoms with van der Waals surface area (Å²) < 4.78 is 0. The first kappa shape index (κ1) is 10.5. The molecule has 0 atom stereocenters. The largest absolute Gasteiger partial charge is 0.481 e. The Morgan fingerprint density at radius 3 is 2.47 bits per heavy atom. The molecule has 1 saturated carbocycles. The molecule has 15 heavy (non-hydrogen) atoms. The molecule has 0 aromatic heterocycles. The second-order valence-electron chi connectivity index (χ2n) is 4.31. The lowest BCUT2D eigenvalue weighted by Crippen LogP contribution is -2.20. The van der Waals surface area contributed by atoms with Crippen LogP contribution in [0.2, 0.25) is 5.02 Å². The second kappa shape index (κ2) is 3.24. The third-order valence-electron chi connectivity index (χ3n) is 3.16. The number of halogens is 1. The summed E-state index contributed by atoms with van der Waals surface area (Å²) in [7, 11) is 0. The van der Waals surface area contributed by atoms with Crippen LogP contribution in [-0.4, -0.2) is 11.1 Å². The highest BCUT2D eigenvalue weighted by Crippen LogP contribution is 2.50. The first-order valence-corrected chi connectivity index (χ1v) is 5.36. The molecule has 0 spiro atoms. The van der Waals surface area contributed by atoms with Gasteiger partial charge in [-0.25, -0.2) is 0 Å². The van der Waals surface area contributed by atoms with E-state index in [0.29, 0.717) is 5.02 Å². The van der Waals surface area contributed by atoms with E-state index in [0.717, 1.165) is 29.5 Å². The molecule has 1 aromatic rings. The Hall–Kier alpha value is -1.02. The van der Waals surface area contributed by atoms with Crippen LogP contribution in [0.1, 0.15) is 29.5 Å². The third kappa shape index (κ3) is 1.53. The van der Waals surface area contributed by atoms with Gasteiger partial charge in [0.1, 0.15) is 0 Å². The minimum Gasteiger partial charge on any atom is -0.481 e. The van der Waals surface area contributed by atoms with E-state index in [1.54, 1.807) is 0 Å². The maximum absolute atomic E-state index is 11.2. The van der Waals surface area contributed by atoms with E-state index < -0.39 is 11.4 Å². The van der Waals surface area contributed by atoms with Crippen LogP contribution in [-0.2, 0) is 10.2 Å². The van der Waals surface area contributed by atoms with Crippen LogP contribution in [0.4, 0.5) is 0 Å². The highest BCUT2D eigenvalue weighted by atomic mass is 35.5. The van der Waals surface area contributed by atoms with Crippen LogP contribution in [0.25, 0.3) is 0 Å². The van der Waals surface area contributed by atoms with Crippen molar-refractivity contribution in [1.82, 2.24) is 0 Å². The molecule has 1 fully saturated rings. The highest BCUT2D eigenvalue weighted by molar-refractivity contribution is 6.31. The van der Waals surface area contributed by atoms with Gasteiger partial charge >= 0.3 is 5.97 Å². The van der Waals surface area contributed by atoms with E-state index in [1.807, 2.05) is 26.0 Å². The second-order valence-corrected chi connectivity index (χ2v) is 4.71. The Balaban J connectivity index is 2.58. The van der Waals surface area contributed by atoms with Crippen molar-refractivity contribution in [2.24, 2.45) is 0 Å². The van der Waals surface area contributed by atoms with E-state index in [2.05, 4.69) is 0 Å². The molecule has 0 amide bonds. The zero-order valence-corrected chi connectivity index (χ0v) is 9.56. The molecule has 0 radical (unpaired) electrons. The summed E-state index contributed by atoms with van der Waals surface area (Å²) in [4.78, 5) is 11.2. The van der Waals surface area contributed by atoms with Crippen molar-refractivity contribution in [2.75, 3.05) is 0 Å². The lowest BCUT2D eigenvalue weighted by molar-refractivity contribution is -0.140. The number of carboxylic acids is 1. The third-order valence-corrected chi connectivity index (χ3v) is 3.56. The Bertz CT molecular complexity index is 433. The van der Waals surface area contributed by atoms with E-state index in [-0.39, 0.29) is 0 Å². The highest BCUT2D eigenvalue weighted by Gasteiger charge is 2.52. The molecule has 0 saturated heterocycles. The molecule has 0 aliphatic heterocycles. The number of aryl methyl sites for hydroxylation is 1. The summed E-state index contributed by atoms with van der Waals surface area (Å²) in [5.41, 5.74) is 2.16. The van der Waals surface area contributed by atoms with Crippen LogP contribution in [0.5, 0.6) is 0 Å². The molecular weight excluding hydrogens is 212 g/mol. The Kier molecular flexibility index (Phi) is 2.27. The summed E-state index contributed by atoms with van der Waals surface area (Å²) in [6, 6.07) is 3.82. The number of carboxylic acid groups (broad SMARTS) is 1. The normalized spacial score (nSPS) is 17.5. The zero-order chi connectivity index (χ0) is 11.2. The summed E-state index contributed by atoms with van der Waals surface area (Å²) in [5, 5.41) is 9.88. The van der Waals surface area contributed by atoms with Crippen molar-refractivity contribution in [3.8, 4) is 0 Å². The molecule has 1 N–H and O–H groups in total. The molecule has 80 valence electrons. The summed E-state index contributed by atoms with van der Waals surface area (Å²) in [6.07, 6.45) is 1.45. The Morgan fingerprint density at radius 1 is 1.40 bits per heavy atom. The number of hydrogen-bond acceptors (Lipinski definition) is 1. The lowest BCUT2D eigenvalue weighted by Gasteiger charge is -2.15. The van der Waals surface area contributed by atoms with Crippen molar-refractivity contribution in [1.29, 1.82) is 0 Å². The van der Waals surface area contributed by atoms with E-state index >= 15 is 0 Å². The van der Waals surface area contributed by atoms with Gasteiger partial charge in [0.05, 0.1) is 5.41 Å². The fraction of sp³-hybridized carbons (Fsp3) is 0.417. The van der Waals surface area contributed by atoms with Gasteiger partial charge in [0, 0.05) is 5.02 Å². The minimum absolute atomic E-state index is 0.653. The number of benzene rings is 1. The standard InChI is InChI=1S/C12H13ClO2/c1-7-5-9(8(2)10(13)6-7)12(3-4-12)11(14)15/h5-6H,3-4H2,1-2H3,(H,14,15). The van der Waals surface area contributed by atoms with Gasteiger partial charge in [-0.3, -0.25) is 4.79 Å². The van der Waals surface area contributed by atoms with Crippen molar-refractivity contribution in [3.63, 3.8) is 0 Å². The predicted molar refractivity (Wildman–Crippen MR) is 59.5 cm³/mol. The molecule has 3 heteroatoms. The monoisotopic (exact) mass is 224 g/mol. The van der Waals surface area contributed by atoms with Crippen LogP contribution in [0, 0.1) is 13.8 Å². The van der Waals surface area contributed by atoms with E-state index in [9.17, 15) is 9.90 Å². The minimum atomic E-state index is -0.729. The molecular formula is C12H13ClO2. The van der Waals surface area contributed by atoms with Crippen molar-refractivity contribution in [3.05, 3.63) is 33.8 Å². The van der Waals surface area contributed by atoms with Gasteiger partial charge in [-0.2, -0.15) is 0 Å². The molecule has 0 bridgehead atoms. The topological polar surface area (TPSA) is 37.3 Å². The molecule has 1 aliphatic rings. The average Bonchev–Trinajstić information content (AvgIpc) is 2.91. The quantitative estimate of drug-likeness (QED) is 0.838. The molecule has 2 nitrogen and oxygen atoms in total. The average molecular weight is 225 g/mol. The van der Waals surface area contributed by atoms with Crippen molar-refractivity contribution in [2.45, 2.75) is 32.1 Å². The number of carbonyl (C=O) groups is 1. The Labute approximate surface area is 93.9 Å². The SMILES string of the molecule is Cc1cc(Cl)c(C)c(C2(C(=O)O)CC2)c1. The van der Waals surface area contributed by atoms with E-state index in [4.69, 9.17) is 11.6 Å². The maximum atomic E-state index is 11.2. The van der Waals surface area contributed by atoms with Crippen molar-refractivity contribution < 1.29 is 9.90 Å². The van der Waals surface area contributed by atoms with Gasteiger partial charge in [0.25, 0.3) is 0 Å². The molecule has 1 aromatic carbocycles. The number of aliphatic carboxylic acids is 1. The van der Waals surface area contributed by atoms with Crippen molar-refractivity contribution >= 4 is 17.6 Å². The molecule has 1 aliphatic carbocycles. The summed E-state index contributed by atoms with van der Waals surface area (Å²) in [5.74, 6) is -0.729. The fourth-order valence-electron chi connectivity index (χ4n) is 2.03. The van der Waals surface area contributed by atoms with Crippen LogP contribution in [0.3, 0.4) is 0 Å². The molecule has 2 rings (SSSR count). The van der Waals surface area contributed by atoms with Gasteiger partial charge < -0.3 is 5.11 Å². The lowest BCUT2D eigenvalue weighted by atomic mass is 9.90. The van der Waals surface area contributed by atoms with Crippen LogP contribution in [0.15, 0.2) is 12.1 Å². The van der Waals surface area contributed by atoms with E-state index in [1.165, 1.54) is 0 Å². The van der Waals surface area contributed by atoms with Gasteiger partial charge in [-0.1, -0.05) is 17.7 Å². The number of rotatable bonds is 2. The fourth-order valence-corrected chi connectivity index (χ4v) is 2.31. The van der Waals surface area contributed by atoms with Gasteiger partial charge in [0.15, 0.2) is 0 Å². The zero-order valence-electron chi connectivity index (χ0n) is 8.80. The van der Waals surface area contributed by atoms with Crippen LogP contribution < -0.4 is 0 Å². The van der Waals surface area contributed by atoms with Gasteiger partial charge in [-0.05, 0) is 49.4 Å². The smallest absolute Gasteiger partial charge is 0.314 e. The first-order chi connectivity index (χ1) is 6.97. The van der Waals surface area contributed by atoms with Crippen LogP contribution >= 0.6 is 11.6 Å². The summed E-state index contributed by atoms with van der Waals surface area (Å²) in [6.45, 7) is 3.83. The Morgan fingerprint density at radius 2 is 2.00 bits per heavy atom. The first-order valence-electron chi connectivity index (χ1n) is 4.98. The molecule has 0 heterocycles. The van der Waals surface area contributed by atoms with Gasteiger partial charge in [0.2, 0.25) is 0 Å². The molecule has 0 unspecified atom stereocenters. The predicted octanol–water partition coefficient (Wildman–Crippen LogP) is 3.07. The summed E-state index contributed by atoms with van der Waals surface area (Å²) >= 11 is 6.06. The van der Waals surface area contributed by atoms with Gasteiger partial charge in [-0.15, -0.1) is 0 Å².